The van der Waals surface area contributed by atoms with E-state index in [2.05, 4.69) is 6.07 Å². The lowest BCUT2D eigenvalue weighted by Crippen LogP contribution is -2.40. The first kappa shape index (κ1) is 17.8. The molecular formula is C19H23NO4S. The number of ether oxygens (including phenoxy) is 3. The summed E-state index contributed by atoms with van der Waals surface area (Å²) >= 11 is 1.66. The number of amides is 1. The highest BCUT2D eigenvalue weighted by molar-refractivity contribution is 7.10. The van der Waals surface area contributed by atoms with Crippen molar-refractivity contribution >= 4 is 17.2 Å². The van der Waals surface area contributed by atoms with Crippen LogP contribution >= 0.6 is 11.3 Å². The zero-order chi connectivity index (χ0) is 17.8. The van der Waals surface area contributed by atoms with Gasteiger partial charge in [-0.2, -0.15) is 0 Å². The van der Waals surface area contributed by atoms with Crippen LogP contribution in [0.25, 0.3) is 0 Å². The van der Waals surface area contributed by atoms with E-state index in [0.29, 0.717) is 25.3 Å². The molecule has 3 rings (SSSR count). The second-order valence-corrected chi connectivity index (χ2v) is 6.88. The smallest absolute Gasteiger partial charge is 0.225 e. The minimum absolute atomic E-state index is 0.0899. The van der Waals surface area contributed by atoms with Crippen molar-refractivity contribution in [2.75, 3.05) is 34.5 Å². The number of carbonyl (C=O) groups excluding carboxylic acids is 1. The largest absolute Gasteiger partial charge is 0.493 e. The van der Waals surface area contributed by atoms with E-state index in [1.54, 1.807) is 32.7 Å². The molecule has 0 saturated carbocycles. The quantitative estimate of drug-likeness (QED) is 0.792. The Kier molecular flexibility index (Phi) is 5.60. The average Bonchev–Trinajstić information content (AvgIpc) is 3.18. The van der Waals surface area contributed by atoms with E-state index in [0.717, 1.165) is 22.6 Å². The van der Waals surface area contributed by atoms with Gasteiger partial charge in [0.05, 0.1) is 33.3 Å². The Morgan fingerprint density at radius 1 is 1.24 bits per heavy atom. The summed E-state index contributed by atoms with van der Waals surface area (Å²) in [5, 5.41) is 2.04. The molecule has 25 heavy (non-hydrogen) atoms. The number of nitrogens with zero attached hydrogens (tertiary/aromatic N) is 1. The summed E-state index contributed by atoms with van der Waals surface area (Å²) in [6.07, 6.45) is 1.19. The standard InChI is InChI=1S/C19H23NO4S/c1-22-9-7-18(21)20-8-6-13-11-15(23-2)16(24-3)12-14(13)19(20)17-5-4-10-25-17/h4-5,10-12,19H,6-9H2,1-3H3. The van der Waals surface area contributed by atoms with Crippen LogP contribution in [0.2, 0.25) is 0 Å². The number of hydrogen-bond acceptors (Lipinski definition) is 5. The lowest BCUT2D eigenvalue weighted by molar-refractivity contribution is -0.134. The van der Waals surface area contributed by atoms with Crippen molar-refractivity contribution < 1.29 is 19.0 Å². The molecule has 1 aromatic heterocycles. The molecular weight excluding hydrogens is 338 g/mol. The minimum Gasteiger partial charge on any atom is -0.493 e. The van der Waals surface area contributed by atoms with Gasteiger partial charge >= 0.3 is 0 Å². The molecule has 0 saturated heterocycles. The van der Waals surface area contributed by atoms with E-state index in [4.69, 9.17) is 14.2 Å². The highest BCUT2D eigenvalue weighted by atomic mass is 32.1. The van der Waals surface area contributed by atoms with Crippen molar-refractivity contribution in [3.05, 3.63) is 45.6 Å². The summed E-state index contributed by atoms with van der Waals surface area (Å²) in [5.41, 5.74) is 2.31. The molecule has 1 aromatic carbocycles. The molecule has 5 nitrogen and oxygen atoms in total. The lowest BCUT2D eigenvalue weighted by Gasteiger charge is -2.37. The molecule has 0 bridgehead atoms. The third-order valence-corrected chi connectivity index (χ3v) is 5.45. The second kappa shape index (κ2) is 7.89. The van der Waals surface area contributed by atoms with E-state index in [-0.39, 0.29) is 11.9 Å². The summed E-state index contributed by atoms with van der Waals surface area (Å²) in [5.74, 6) is 1.53. The maximum atomic E-state index is 12.7. The molecule has 6 heteroatoms. The van der Waals surface area contributed by atoms with Crippen LogP contribution in [0, 0.1) is 0 Å². The SMILES string of the molecule is COCCC(=O)N1CCc2cc(OC)c(OC)cc2C1c1cccs1. The Morgan fingerprint density at radius 3 is 2.64 bits per heavy atom. The van der Waals surface area contributed by atoms with Crippen molar-refractivity contribution in [2.45, 2.75) is 18.9 Å². The summed E-state index contributed by atoms with van der Waals surface area (Å²) in [6, 6.07) is 8.05. The van der Waals surface area contributed by atoms with Crippen LogP contribution in [0.3, 0.4) is 0 Å². The summed E-state index contributed by atoms with van der Waals surface area (Å²) < 4.78 is 16.0. The van der Waals surface area contributed by atoms with Gasteiger partial charge in [0, 0.05) is 18.5 Å². The summed E-state index contributed by atoms with van der Waals surface area (Å²) in [4.78, 5) is 15.9. The normalized spacial score (nSPS) is 16.4. The van der Waals surface area contributed by atoms with Crippen molar-refractivity contribution in [1.82, 2.24) is 4.90 Å². The van der Waals surface area contributed by atoms with E-state index >= 15 is 0 Å². The van der Waals surface area contributed by atoms with Crippen molar-refractivity contribution in [1.29, 1.82) is 0 Å². The van der Waals surface area contributed by atoms with E-state index < -0.39 is 0 Å². The predicted octanol–water partition coefficient (Wildman–Crippen LogP) is 3.28. The van der Waals surface area contributed by atoms with Crippen LogP contribution in [0.15, 0.2) is 29.6 Å². The molecule has 2 heterocycles. The molecule has 0 radical (unpaired) electrons. The number of benzene rings is 1. The molecule has 1 atom stereocenters. The topological polar surface area (TPSA) is 48.0 Å². The van der Waals surface area contributed by atoms with Gasteiger partial charge in [-0.1, -0.05) is 6.07 Å². The molecule has 1 amide bonds. The molecule has 0 spiro atoms. The summed E-state index contributed by atoms with van der Waals surface area (Å²) in [6.45, 7) is 1.12. The zero-order valence-electron chi connectivity index (χ0n) is 14.8. The Bertz CT molecular complexity index is 729. The Labute approximate surface area is 152 Å². The van der Waals surface area contributed by atoms with Gasteiger partial charge in [-0.15, -0.1) is 11.3 Å². The van der Waals surface area contributed by atoms with E-state index in [1.807, 2.05) is 28.5 Å². The van der Waals surface area contributed by atoms with Crippen molar-refractivity contribution in [3.8, 4) is 11.5 Å². The first-order valence-electron chi connectivity index (χ1n) is 8.26. The van der Waals surface area contributed by atoms with E-state index in [1.165, 1.54) is 5.56 Å². The molecule has 1 unspecified atom stereocenters. The zero-order valence-corrected chi connectivity index (χ0v) is 15.6. The highest BCUT2D eigenvalue weighted by Crippen LogP contribution is 2.42. The van der Waals surface area contributed by atoms with Gasteiger partial charge in [0.25, 0.3) is 0 Å². The van der Waals surface area contributed by atoms with Gasteiger partial charge in [0.2, 0.25) is 5.91 Å². The first-order chi connectivity index (χ1) is 12.2. The summed E-state index contributed by atoms with van der Waals surface area (Å²) in [7, 11) is 4.89. The van der Waals surface area contributed by atoms with Crippen LogP contribution in [0.5, 0.6) is 11.5 Å². The van der Waals surface area contributed by atoms with Crippen LogP contribution in [0.4, 0.5) is 0 Å². The lowest BCUT2D eigenvalue weighted by atomic mass is 9.90. The maximum Gasteiger partial charge on any atom is 0.225 e. The van der Waals surface area contributed by atoms with Gasteiger partial charge in [-0.25, -0.2) is 0 Å². The van der Waals surface area contributed by atoms with Crippen molar-refractivity contribution in [2.24, 2.45) is 0 Å². The monoisotopic (exact) mass is 361 g/mol. The Hall–Kier alpha value is -2.05. The fourth-order valence-electron chi connectivity index (χ4n) is 3.30. The molecule has 1 aliphatic heterocycles. The third kappa shape index (κ3) is 3.50. The van der Waals surface area contributed by atoms with Crippen LogP contribution in [-0.2, 0) is 16.0 Å². The molecule has 2 aromatic rings. The Balaban J connectivity index is 2.04. The Morgan fingerprint density at radius 2 is 2.00 bits per heavy atom. The van der Waals surface area contributed by atoms with Crippen LogP contribution in [-0.4, -0.2) is 45.3 Å². The number of thiophene rings is 1. The third-order valence-electron chi connectivity index (χ3n) is 4.53. The van der Waals surface area contributed by atoms with Crippen LogP contribution < -0.4 is 9.47 Å². The fourth-order valence-corrected chi connectivity index (χ4v) is 4.16. The van der Waals surface area contributed by atoms with Gasteiger partial charge < -0.3 is 19.1 Å². The first-order valence-corrected chi connectivity index (χ1v) is 9.14. The number of carbonyl (C=O) groups is 1. The fraction of sp³-hybridized carbons (Fsp3) is 0.421. The molecule has 0 aliphatic carbocycles. The van der Waals surface area contributed by atoms with Crippen molar-refractivity contribution in [3.63, 3.8) is 0 Å². The van der Waals surface area contributed by atoms with Gasteiger partial charge in [0.1, 0.15) is 0 Å². The molecule has 0 N–H and O–H groups in total. The highest BCUT2D eigenvalue weighted by Gasteiger charge is 2.33. The number of hydrogen-bond donors (Lipinski definition) is 0. The van der Waals surface area contributed by atoms with E-state index in [9.17, 15) is 4.79 Å². The molecule has 0 fully saturated rings. The predicted molar refractivity (Wildman–Crippen MR) is 97.6 cm³/mol. The number of methoxy groups -OCH3 is 3. The molecule has 1 aliphatic rings. The van der Waals surface area contributed by atoms with Crippen LogP contribution in [0.1, 0.15) is 28.5 Å². The second-order valence-electron chi connectivity index (χ2n) is 5.90. The van der Waals surface area contributed by atoms with Gasteiger partial charge in [-0.05, 0) is 41.1 Å². The average molecular weight is 361 g/mol. The van der Waals surface area contributed by atoms with Gasteiger partial charge in [-0.3, -0.25) is 4.79 Å². The molecule has 134 valence electrons. The minimum atomic E-state index is -0.0899. The number of fused-ring (bicyclic) bond motifs is 1. The number of rotatable bonds is 6. The maximum absolute atomic E-state index is 12.7. The van der Waals surface area contributed by atoms with Gasteiger partial charge in [0.15, 0.2) is 11.5 Å².